The van der Waals surface area contributed by atoms with E-state index in [0.717, 1.165) is 0 Å². The Labute approximate surface area is 161 Å². The molecule has 2 aliphatic carbocycles. The lowest BCUT2D eigenvalue weighted by Crippen LogP contribution is -2.89. The maximum Gasteiger partial charge on any atom is 0.171 e. The highest BCUT2D eigenvalue weighted by Gasteiger charge is 2.84. The molecule has 0 spiro atoms. The SMILES string of the molecule is C=CC1(C)CC(=O)C2(O)C(C)(O1)C(O)C(O)C1(C)C(C)(C)CCC(O)C21C. The Morgan fingerprint density at radius 3 is 2.11 bits per heavy atom. The van der Waals surface area contributed by atoms with Gasteiger partial charge >= 0.3 is 0 Å². The summed E-state index contributed by atoms with van der Waals surface area (Å²) in [7, 11) is 0. The van der Waals surface area contributed by atoms with Gasteiger partial charge in [0.05, 0.1) is 17.8 Å². The van der Waals surface area contributed by atoms with E-state index in [4.69, 9.17) is 4.74 Å². The van der Waals surface area contributed by atoms with Gasteiger partial charge in [-0.3, -0.25) is 4.79 Å². The van der Waals surface area contributed by atoms with Crippen molar-refractivity contribution >= 4 is 5.78 Å². The number of rotatable bonds is 1. The van der Waals surface area contributed by atoms with Crippen molar-refractivity contribution in [2.24, 2.45) is 16.2 Å². The van der Waals surface area contributed by atoms with Crippen LogP contribution in [0.5, 0.6) is 0 Å². The van der Waals surface area contributed by atoms with Crippen LogP contribution in [0.2, 0.25) is 0 Å². The summed E-state index contributed by atoms with van der Waals surface area (Å²) in [5, 5.41) is 45.6. The number of hydrogen-bond donors (Lipinski definition) is 4. The molecule has 0 bridgehead atoms. The summed E-state index contributed by atoms with van der Waals surface area (Å²) in [6.45, 7) is 14.2. The largest absolute Gasteiger partial charge is 0.392 e. The maximum absolute atomic E-state index is 13.5. The molecule has 6 nitrogen and oxygen atoms in total. The molecule has 2 saturated carbocycles. The summed E-state index contributed by atoms with van der Waals surface area (Å²) >= 11 is 0. The number of ketones is 1. The molecule has 0 radical (unpaired) electrons. The third-order valence-corrected chi connectivity index (χ3v) is 8.91. The molecule has 0 aromatic rings. The summed E-state index contributed by atoms with van der Waals surface area (Å²) in [6.07, 6.45) is -1.53. The number of ether oxygens (including phenoxy) is 1. The molecule has 1 saturated heterocycles. The quantitative estimate of drug-likeness (QED) is 0.510. The van der Waals surface area contributed by atoms with Crippen LogP contribution in [0.1, 0.15) is 60.8 Å². The first kappa shape index (κ1) is 20.9. The van der Waals surface area contributed by atoms with Gasteiger partial charge in [-0.1, -0.05) is 33.8 Å². The molecule has 1 aliphatic heterocycles. The van der Waals surface area contributed by atoms with Crippen LogP contribution in [0.3, 0.4) is 0 Å². The molecule has 0 aromatic carbocycles. The van der Waals surface area contributed by atoms with Gasteiger partial charge in [0.1, 0.15) is 11.7 Å². The van der Waals surface area contributed by atoms with Crippen LogP contribution >= 0.6 is 0 Å². The molecule has 8 unspecified atom stereocenters. The Balaban J connectivity index is 2.36. The van der Waals surface area contributed by atoms with Crippen LogP contribution in [-0.2, 0) is 9.53 Å². The van der Waals surface area contributed by atoms with Crippen LogP contribution in [-0.4, -0.2) is 61.3 Å². The molecule has 6 heteroatoms. The summed E-state index contributed by atoms with van der Waals surface area (Å²) in [6, 6.07) is 0. The summed E-state index contributed by atoms with van der Waals surface area (Å²) in [4.78, 5) is 13.5. The lowest BCUT2D eigenvalue weighted by molar-refractivity contribution is -0.395. The van der Waals surface area contributed by atoms with Gasteiger partial charge in [0.2, 0.25) is 0 Å². The van der Waals surface area contributed by atoms with Crippen molar-refractivity contribution in [2.75, 3.05) is 0 Å². The molecule has 0 aromatic heterocycles. The van der Waals surface area contributed by atoms with E-state index in [9.17, 15) is 25.2 Å². The highest BCUT2D eigenvalue weighted by Crippen LogP contribution is 2.72. The van der Waals surface area contributed by atoms with Crippen LogP contribution in [0.15, 0.2) is 12.7 Å². The normalized spacial score (nSPS) is 57.6. The van der Waals surface area contributed by atoms with E-state index in [1.165, 1.54) is 13.0 Å². The highest BCUT2D eigenvalue weighted by molar-refractivity contribution is 5.92. The van der Waals surface area contributed by atoms with E-state index >= 15 is 0 Å². The molecule has 3 rings (SSSR count). The second-order valence-corrected chi connectivity index (χ2v) is 10.3. The van der Waals surface area contributed by atoms with Crippen LogP contribution < -0.4 is 0 Å². The molecule has 154 valence electrons. The first-order chi connectivity index (χ1) is 12.1. The Hall–Kier alpha value is -0.790. The molecule has 1 heterocycles. The minimum atomic E-state index is -2.17. The molecule has 4 N–H and O–H groups in total. The lowest BCUT2D eigenvalue weighted by Gasteiger charge is -2.75. The monoisotopic (exact) mass is 382 g/mol. The fourth-order valence-electron chi connectivity index (χ4n) is 6.55. The van der Waals surface area contributed by atoms with Crippen LogP contribution in [0.25, 0.3) is 0 Å². The first-order valence-electron chi connectivity index (χ1n) is 9.73. The standard InChI is InChI=1S/C21H34O6/c1-8-17(4)11-13(23)21(26)18(5)12(22)9-10-16(2,3)19(18,6)14(24)15(25)20(21,7)27-17/h8,12,14-15,22,24-26H,1,9-11H2,2-7H3. The van der Waals surface area contributed by atoms with E-state index in [2.05, 4.69) is 6.58 Å². The second-order valence-electron chi connectivity index (χ2n) is 10.3. The molecule has 3 fully saturated rings. The Morgan fingerprint density at radius 1 is 1.04 bits per heavy atom. The smallest absolute Gasteiger partial charge is 0.171 e. The van der Waals surface area contributed by atoms with Crippen LogP contribution in [0.4, 0.5) is 0 Å². The number of hydrogen-bond acceptors (Lipinski definition) is 6. The number of aliphatic hydroxyl groups excluding tert-OH is 3. The molecular formula is C21H34O6. The van der Waals surface area contributed by atoms with E-state index in [-0.39, 0.29) is 6.42 Å². The average Bonchev–Trinajstić information content (AvgIpc) is 2.59. The van der Waals surface area contributed by atoms with Gasteiger partial charge in [0.15, 0.2) is 11.4 Å². The minimum Gasteiger partial charge on any atom is -0.392 e. The van der Waals surface area contributed by atoms with Gasteiger partial charge in [-0.2, -0.15) is 0 Å². The van der Waals surface area contributed by atoms with Gasteiger partial charge in [-0.25, -0.2) is 0 Å². The van der Waals surface area contributed by atoms with Crippen molar-refractivity contribution in [3.8, 4) is 0 Å². The summed E-state index contributed by atoms with van der Waals surface area (Å²) in [5.74, 6) is -0.505. The molecular weight excluding hydrogens is 348 g/mol. The topological polar surface area (TPSA) is 107 Å². The predicted octanol–water partition coefficient (Wildman–Crippen LogP) is 1.34. The fourth-order valence-corrected chi connectivity index (χ4v) is 6.55. The number of fused-ring (bicyclic) bond motifs is 3. The van der Waals surface area contributed by atoms with Gasteiger partial charge in [0.25, 0.3) is 0 Å². The van der Waals surface area contributed by atoms with E-state index in [0.29, 0.717) is 12.8 Å². The van der Waals surface area contributed by atoms with E-state index in [1.807, 2.05) is 13.8 Å². The summed E-state index contributed by atoms with van der Waals surface area (Å²) in [5.41, 5.74) is -8.16. The Kier molecular flexibility index (Phi) is 4.20. The maximum atomic E-state index is 13.5. The zero-order valence-corrected chi connectivity index (χ0v) is 17.2. The zero-order valence-electron chi connectivity index (χ0n) is 17.2. The van der Waals surface area contributed by atoms with Crippen molar-refractivity contribution in [3.63, 3.8) is 0 Å². The highest BCUT2D eigenvalue weighted by atomic mass is 16.6. The van der Waals surface area contributed by atoms with Crippen LogP contribution in [0, 0.1) is 16.2 Å². The van der Waals surface area contributed by atoms with Gasteiger partial charge in [0, 0.05) is 17.3 Å². The zero-order chi connectivity index (χ0) is 20.8. The average molecular weight is 382 g/mol. The number of carbonyl (C=O) groups is 1. The number of aliphatic hydroxyl groups is 4. The van der Waals surface area contributed by atoms with E-state index in [1.54, 1.807) is 20.8 Å². The summed E-state index contributed by atoms with van der Waals surface area (Å²) < 4.78 is 6.14. The minimum absolute atomic E-state index is 0.121. The molecule has 3 aliphatic rings. The second kappa shape index (κ2) is 5.42. The number of Topliss-reactive ketones (excluding diaryl/α,β-unsaturated/α-hetero) is 1. The first-order valence-corrected chi connectivity index (χ1v) is 9.73. The predicted molar refractivity (Wildman–Crippen MR) is 99.9 cm³/mol. The third-order valence-electron chi connectivity index (χ3n) is 8.91. The Morgan fingerprint density at radius 2 is 1.59 bits per heavy atom. The van der Waals surface area contributed by atoms with Gasteiger partial charge < -0.3 is 25.2 Å². The molecule has 0 amide bonds. The van der Waals surface area contributed by atoms with Crippen molar-refractivity contribution < 1.29 is 30.0 Å². The Bertz CT molecular complexity index is 690. The van der Waals surface area contributed by atoms with Crippen molar-refractivity contribution in [1.29, 1.82) is 0 Å². The van der Waals surface area contributed by atoms with Gasteiger partial charge in [-0.15, -0.1) is 6.58 Å². The van der Waals surface area contributed by atoms with Crippen molar-refractivity contribution in [3.05, 3.63) is 12.7 Å². The van der Waals surface area contributed by atoms with Crippen molar-refractivity contribution in [2.45, 2.75) is 95.9 Å². The van der Waals surface area contributed by atoms with Gasteiger partial charge in [-0.05, 0) is 32.1 Å². The molecule has 27 heavy (non-hydrogen) atoms. The molecule has 8 atom stereocenters. The lowest BCUT2D eigenvalue weighted by atomic mass is 9.33. The van der Waals surface area contributed by atoms with E-state index < -0.39 is 57.1 Å². The number of carbonyl (C=O) groups excluding carboxylic acids is 1. The fraction of sp³-hybridized carbons (Fsp3) is 0.857. The third kappa shape index (κ3) is 1.96. The van der Waals surface area contributed by atoms with Crippen molar-refractivity contribution in [1.82, 2.24) is 0 Å².